The van der Waals surface area contributed by atoms with E-state index in [4.69, 9.17) is 16.3 Å². The van der Waals surface area contributed by atoms with E-state index in [1.165, 1.54) is 24.3 Å². The summed E-state index contributed by atoms with van der Waals surface area (Å²) >= 11 is 6.22. The van der Waals surface area contributed by atoms with Crippen LogP contribution in [0.2, 0.25) is 5.02 Å². The maximum Gasteiger partial charge on any atom is 0.339 e. The van der Waals surface area contributed by atoms with E-state index in [-0.39, 0.29) is 18.0 Å². The van der Waals surface area contributed by atoms with Crippen LogP contribution in [0, 0.1) is 17.5 Å². The largest absolute Gasteiger partial charge is 0.450 e. The number of esters is 1. The van der Waals surface area contributed by atoms with Gasteiger partial charge < -0.3 is 14.2 Å². The van der Waals surface area contributed by atoms with Crippen LogP contribution in [0.15, 0.2) is 60.8 Å². The molecule has 37 heavy (non-hydrogen) atoms. The van der Waals surface area contributed by atoms with Crippen molar-refractivity contribution in [3.63, 3.8) is 0 Å². The monoisotopic (exact) mass is 524 g/mol. The van der Waals surface area contributed by atoms with Gasteiger partial charge in [-0.1, -0.05) is 23.7 Å². The Kier molecular flexibility index (Phi) is 5.53. The van der Waals surface area contributed by atoms with Gasteiger partial charge in [-0.3, -0.25) is 4.79 Å². The van der Waals surface area contributed by atoms with Crippen LogP contribution in [0.5, 0.6) is 0 Å². The van der Waals surface area contributed by atoms with Gasteiger partial charge in [0, 0.05) is 60.7 Å². The predicted molar refractivity (Wildman–Crippen MR) is 131 cm³/mol. The van der Waals surface area contributed by atoms with Crippen molar-refractivity contribution in [2.75, 3.05) is 13.1 Å². The van der Waals surface area contributed by atoms with Gasteiger partial charge in [-0.05, 0) is 42.0 Å². The molecule has 0 unspecified atom stereocenters. The Bertz CT molecular complexity index is 1570. The summed E-state index contributed by atoms with van der Waals surface area (Å²) in [7, 11) is 0. The van der Waals surface area contributed by atoms with Crippen molar-refractivity contribution in [3.05, 3.63) is 106 Å². The Morgan fingerprint density at radius 3 is 2.41 bits per heavy atom. The minimum absolute atomic E-state index is 0.144. The lowest BCUT2D eigenvalue weighted by Crippen LogP contribution is -2.45. The average Bonchev–Trinajstić information content (AvgIpc) is 3.33. The van der Waals surface area contributed by atoms with E-state index in [0.717, 1.165) is 6.07 Å². The molecule has 2 aliphatic heterocycles. The summed E-state index contributed by atoms with van der Waals surface area (Å²) in [5, 5.41) is 1.13. The van der Waals surface area contributed by atoms with E-state index in [9.17, 15) is 22.8 Å². The first-order valence-corrected chi connectivity index (χ1v) is 12.2. The van der Waals surface area contributed by atoms with E-state index in [1.54, 1.807) is 39.9 Å². The summed E-state index contributed by atoms with van der Waals surface area (Å²) < 4.78 is 48.6. The number of carbonyl (C=O) groups excluding carboxylic acids is 2. The fourth-order valence-electron chi connectivity index (χ4n) is 5.45. The fraction of sp³-hybridized carbons (Fsp3) is 0.214. The van der Waals surface area contributed by atoms with Crippen molar-refractivity contribution in [3.8, 4) is 0 Å². The third kappa shape index (κ3) is 4.05. The minimum atomic E-state index is -0.875. The van der Waals surface area contributed by atoms with Crippen LogP contribution in [0.4, 0.5) is 13.2 Å². The number of nitrogens with zero attached hydrogens (tertiary/aromatic N) is 2. The molecule has 4 aromatic rings. The summed E-state index contributed by atoms with van der Waals surface area (Å²) in [6.07, 6.45) is 2.44. The number of ether oxygens (including phenoxy) is 1. The Morgan fingerprint density at radius 1 is 0.946 bits per heavy atom. The molecule has 0 radical (unpaired) electrons. The number of fused-ring (bicyclic) bond motifs is 3. The molecule has 0 atom stereocenters. The molecule has 0 bridgehead atoms. The molecular weight excluding hydrogens is 505 g/mol. The number of benzene rings is 3. The Hall–Kier alpha value is -3.78. The quantitative estimate of drug-likeness (QED) is 0.306. The highest BCUT2D eigenvalue weighted by atomic mass is 35.5. The van der Waals surface area contributed by atoms with Gasteiger partial charge in [-0.2, -0.15) is 0 Å². The highest BCUT2D eigenvalue weighted by Gasteiger charge is 2.48. The second kappa shape index (κ2) is 8.66. The zero-order valence-electron chi connectivity index (χ0n) is 19.4. The molecule has 1 spiro atoms. The van der Waals surface area contributed by atoms with Crippen molar-refractivity contribution >= 4 is 34.4 Å². The highest BCUT2D eigenvalue weighted by Crippen LogP contribution is 2.44. The molecule has 0 saturated carbocycles. The van der Waals surface area contributed by atoms with Crippen molar-refractivity contribution in [1.82, 2.24) is 9.47 Å². The van der Waals surface area contributed by atoms with Crippen molar-refractivity contribution in [2.45, 2.75) is 25.0 Å². The first kappa shape index (κ1) is 23.6. The number of rotatable bonds is 3. The molecule has 3 heterocycles. The highest BCUT2D eigenvalue weighted by molar-refractivity contribution is 6.31. The average molecular weight is 525 g/mol. The molecule has 0 N–H and O–H groups in total. The third-order valence-electron chi connectivity index (χ3n) is 7.19. The van der Waals surface area contributed by atoms with Crippen molar-refractivity contribution < 1.29 is 27.5 Å². The molecule has 188 valence electrons. The Balaban J connectivity index is 1.29. The molecule has 0 aliphatic carbocycles. The van der Waals surface area contributed by atoms with Crippen LogP contribution in [-0.4, -0.2) is 34.4 Å². The fourth-order valence-corrected chi connectivity index (χ4v) is 5.61. The van der Waals surface area contributed by atoms with Crippen LogP contribution >= 0.6 is 11.6 Å². The smallest absolute Gasteiger partial charge is 0.339 e. The second-order valence-electron chi connectivity index (χ2n) is 9.48. The number of aromatic nitrogens is 1. The van der Waals surface area contributed by atoms with E-state index in [1.807, 2.05) is 0 Å². The molecule has 1 aromatic heterocycles. The maximum absolute atomic E-state index is 13.8. The van der Waals surface area contributed by atoms with Gasteiger partial charge in [0.2, 0.25) is 0 Å². The standard InChI is InChI=1S/C28H20ClF3N2O3/c29-17-1-3-21-23(15-34(25(21)11-17)14-16-9-19(31)12-20(32)10-16)26(35)33-7-5-28(6-8-33)24-4-2-18(30)13-22(24)27(36)37-28/h1-4,9-13,15H,5-8,14H2. The Labute approximate surface area is 215 Å². The second-order valence-corrected chi connectivity index (χ2v) is 9.91. The third-order valence-corrected chi connectivity index (χ3v) is 7.42. The lowest BCUT2D eigenvalue weighted by molar-refractivity contribution is -0.0389. The number of likely N-dealkylation sites (tertiary alicyclic amines) is 1. The maximum atomic E-state index is 13.8. The van der Waals surface area contributed by atoms with E-state index in [0.29, 0.717) is 58.5 Å². The predicted octanol–water partition coefficient (Wildman–Crippen LogP) is 6.06. The SMILES string of the molecule is O=C1OC2(CCN(C(=O)c3cn(Cc4cc(F)cc(F)c4)c4cc(Cl)ccc34)CC2)c2ccc(F)cc21. The number of carbonyl (C=O) groups is 2. The lowest BCUT2D eigenvalue weighted by atomic mass is 9.83. The number of hydrogen-bond acceptors (Lipinski definition) is 3. The number of amides is 1. The molecule has 5 nitrogen and oxygen atoms in total. The first-order chi connectivity index (χ1) is 17.7. The number of halogens is 4. The Morgan fingerprint density at radius 2 is 1.68 bits per heavy atom. The van der Waals surface area contributed by atoms with Crippen LogP contribution in [-0.2, 0) is 16.9 Å². The molecule has 9 heteroatoms. The van der Waals surface area contributed by atoms with Gasteiger partial charge in [0.1, 0.15) is 23.1 Å². The van der Waals surface area contributed by atoms with E-state index >= 15 is 0 Å². The van der Waals surface area contributed by atoms with Gasteiger partial charge in [-0.25, -0.2) is 18.0 Å². The zero-order valence-corrected chi connectivity index (χ0v) is 20.2. The molecule has 1 saturated heterocycles. The van der Waals surface area contributed by atoms with Crippen molar-refractivity contribution in [2.24, 2.45) is 0 Å². The van der Waals surface area contributed by atoms with Crippen molar-refractivity contribution in [1.29, 1.82) is 0 Å². The summed E-state index contributed by atoms with van der Waals surface area (Å²) in [6, 6.07) is 12.5. The van der Waals surface area contributed by atoms with Gasteiger partial charge in [0.15, 0.2) is 0 Å². The normalized spacial score (nSPS) is 16.3. The van der Waals surface area contributed by atoms with Crippen LogP contribution in [0.3, 0.4) is 0 Å². The molecule has 2 aliphatic rings. The lowest BCUT2D eigenvalue weighted by Gasteiger charge is -2.38. The minimum Gasteiger partial charge on any atom is -0.450 e. The van der Waals surface area contributed by atoms with Gasteiger partial charge in [-0.15, -0.1) is 0 Å². The summed E-state index contributed by atoms with van der Waals surface area (Å²) in [5.41, 5.74) is 1.51. The van der Waals surface area contributed by atoms with Crippen LogP contribution in [0.1, 0.15) is 44.7 Å². The van der Waals surface area contributed by atoms with Gasteiger partial charge in [0.25, 0.3) is 5.91 Å². The molecular formula is C28H20ClF3N2O3. The number of piperidine rings is 1. The van der Waals surface area contributed by atoms with Crippen LogP contribution < -0.4 is 0 Å². The summed E-state index contributed by atoms with van der Waals surface area (Å²) in [4.78, 5) is 27.7. The summed E-state index contributed by atoms with van der Waals surface area (Å²) in [6.45, 7) is 0.807. The van der Waals surface area contributed by atoms with Crippen LogP contribution in [0.25, 0.3) is 10.9 Å². The van der Waals surface area contributed by atoms with E-state index < -0.39 is 29.0 Å². The van der Waals surface area contributed by atoms with E-state index in [2.05, 4.69) is 0 Å². The molecule has 1 fully saturated rings. The summed E-state index contributed by atoms with van der Waals surface area (Å²) in [5.74, 6) is -2.63. The zero-order chi connectivity index (χ0) is 25.9. The molecule has 1 amide bonds. The molecule has 6 rings (SSSR count). The first-order valence-electron chi connectivity index (χ1n) is 11.8. The van der Waals surface area contributed by atoms with Gasteiger partial charge >= 0.3 is 5.97 Å². The number of hydrogen-bond donors (Lipinski definition) is 0. The molecule has 3 aromatic carbocycles. The van der Waals surface area contributed by atoms with Gasteiger partial charge in [0.05, 0.1) is 16.6 Å². The topological polar surface area (TPSA) is 51.5 Å².